The van der Waals surface area contributed by atoms with Crippen LogP contribution < -0.4 is 5.32 Å². The molecule has 0 spiro atoms. The molecule has 96 valence electrons. The predicted octanol–water partition coefficient (Wildman–Crippen LogP) is 4.09. The molecule has 0 fully saturated rings. The zero-order valence-electron chi connectivity index (χ0n) is 12.2. The fourth-order valence-corrected chi connectivity index (χ4v) is 1.88. The molecule has 0 amide bonds. The summed E-state index contributed by atoms with van der Waals surface area (Å²) >= 11 is 0. The topological polar surface area (TPSA) is 12.0 Å². The Balaban J connectivity index is 2.77. The highest BCUT2D eigenvalue weighted by atomic mass is 14.9. The van der Waals surface area contributed by atoms with E-state index in [1.807, 2.05) is 0 Å². The molecular formula is C16H27N. The summed E-state index contributed by atoms with van der Waals surface area (Å²) in [6.07, 6.45) is 0. The summed E-state index contributed by atoms with van der Waals surface area (Å²) in [5.74, 6) is 0.612. The van der Waals surface area contributed by atoms with Crippen molar-refractivity contribution in [3.63, 3.8) is 0 Å². The SMILES string of the molecule is CC(C)NCC(C)(C)c1ccc(C(C)C)cc1. The van der Waals surface area contributed by atoms with Crippen LogP contribution in [0.5, 0.6) is 0 Å². The number of nitrogens with one attached hydrogen (secondary N) is 1. The van der Waals surface area contributed by atoms with E-state index in [0.717, 1.165) is 6.54 Å². The van der Waals surface area contributed by atoms with Crippen LogP contribution in [-0.2, 0) is 5.41 Å². The monoisotopic (exact) mass is 233 g/mol. The van der Waals surface area contributed by atoms with Crippen LogP contribution in [0, 0.1) is 0 Å². The Kier molecular flexibility index (Phi) is 4.76. The van der Waals surface area contributed by atoms with E-state index in [4.69, 9.17) is 0 Å². The summed E-state index contributed by atoms with van der Waals surface area (Å²) in [7, 11) is 0. The summed E-state index contributed by atoms with van der Waals surface area (Å²) in [6.45, 7) is 14.5. The average Bonchev–Trinajstić information content (AvgIpc) is 2.27. The molecule has 0 aliphatic rings. The van der Waals surface area contributed by atoms with Crippen molar-refractivity contribution in [1.29, 1.82) is 0 Å². The number of benzene rings is 1. The molecule has 0 bridgehead atoms. The standard InChI is InChI=1S/C16H27N/c1-12(2)14-7-9-15(10-8-14)16(5,6)11-17-13(3)4/h7-10,12-13,17H,11H2,1-6H3. The molecule has 1 heteroatoms. The minimum absolute atomic E-state index is 0.194. The van der Waals surface area contributed by atoms with Gasteiger partial charge in [0.05, 0.1) is 0 Å². The van der Waals surface area contributed by atoms with Crippen LogP contribution in [0.1, 0.15) is 58.6 Å². The van der Waals surface area contributed by atoms with E-state index in [1.54, 1.807) is 0 Å². The second-order valence-electron chi connectivity index (χ2n) is 6.20. The van der Waals surface area contributed by atoms with E-state index in [2.05, 4.69) is 71.1 Å². The molecule has 0 atom stereocenters. The Hall–Kier alpha value is -0.820. The smallest absolute Gasteiger partial charge is 0.00455 e. The molecule has 0 heterocycles. The van der Waals surface area contributed by atoms with Gasteiger partial charge in [-0.25, -0.2) is 0 Å². The molecular weight excluding hydrogens is 206 g/mol. The van der Waals surface area contributed by atoms with Gasteiger partial charge in [-0.3, -0.25) is 0 Å². The summed E-state index contributed by atoms with van der Waals surface area (Å²) in [4.78, 5) is 0. The van der Waals surface area contributed by atoms with Crippen molar-refractivity contribution in [1.82, 2.24) is 5.32 Å². The van der Waals surface area contributed by atoms with E-state index in [1.165, 1.54) is 11.1 Å². The lowest BCUT2D eigenvalue weighted by molar-refractivity contribution is 0.441. The Labute approximate surface area is 107 Å². The van der Waals surface area contributed by atoms with Crippen LogP contribution in [0.3, 0.4) is 0 Å². The zero-order chi connectivity index (χ0) is 13.1. The lowest BCUT2D eigenvalue weighted by atomic mass is 9.83. The summed E-state index contributed by atoms with van der Waals surface area (Å²) in [5.41, 5.74) is 3.02. The van der Waals surface area contributed by atoms with Gasteiger partial charge in [-0.15, -0.1) is 0 Å². The third-order valence-corrected chi connectivity index (χ3v) is 3.31. The van der Waals surface area contributed by atoms with Crippen molar-refractivity contribution >= 4 is 0 Å². The van der Waals surface area contributed by atoms with Crippen LogP contribution in [0.4, 0.5) is 0 Å². The Morgan fingerprint density at radius 1 is 1.00 bits per heavy atom. The second-order valence-corrected chi connectivity index (χ2v) is 6.20. The van der Waals surface area contributed by atoms with E-state index < -0.39 is 0 Å². The molecule has 0 saturated carbocycles. The first-order valence-corrected chi connectivity index (χ1v) is 6.67. The fourth-order valence-electron chi connectivity index (χ4n) is 1.88. The van der Waals surface area contributed by atoms with Crippen molar-refractivity contribution < 1.29 is 0 Å². The lowest BCUT2D eigenvalue weighted by Gasteiger charge is -2.27. The van der Waals surface area contributed by atoms with Crippen molar-refractivity contribution in [2.24, 2.45) is 0 Å². The molecule has 1 aromatic rings. The summed E-state index contributed by atoms with van der Waals surface area (Å²) < 4.78 is 0. The van der Waals surface area contributed by atoms with Gasteiger partial charge in [0.25, 0.3) is 0 Å². The third-order valence-electron chi connectivity index (χ3n) is 3.31. The van der Waals surface area contributed by atoms with Crippen molar-refractivity contribution in [2.75, 3.05) is 6.54 Å². The number of hydrogen-bond donors (Lipinski definition) is 1. The molecule has 1 rings (SSSR count). The van der Waals surface area contributed by atoms with Crippen LogP contribution in [0.2, 0.25) is 0 Å². The zero-order valence-corrected chi connectivity index (χ0v) is 12.2. The van der Waals surface area contributed by atoms with Gasteiger partial charge in [-0.2, -0.15) is 0 Å². The maximum absolute atomic E-state index is 3.52. The van der Waals surface area contributed by atoms with Crippen LogP contribution in [-0.4, -0.2) is 12.6 Å². The van der Waals surface area contributed by atoms with Crippen LogP contribution >= 0.6 is 0 Å². The number of hydrogen-bond acceptors (Lipinski definition) is 1. The molecule has 1 nitrogen and oxygen atoms in total. The molecule has 1 N–H and O–H groups in total. The van der Waals surface area contributed by atoms with Crippen molar-refractivity contribution in [2.45, 2.75) is 58.9 Å². The lowest BCUT2D eigenvalue weighted by Crippen LogP contribution is -2.36. The first-order valence-electron chi connectivity index (χ1n) is 6.67. The molecule has 1 aromatic carbocycles. The maximum atomic E-state index is 3.52. The molecule has 0 aliphatic carbocycles. The van der Waals surface area contributed by atoms with Gasteiger partial charge < -0.3 is 5.32 Å². The first kappa shape index (κ1) is 14.2. The second kappa shape index (κ2) is 5.68. The van der Waals surface area contributed by atoms with Gasteiger partial charge in [0, 0.05) is 18.0 Å². The van der Waals surface area contributed by atoms with Gasteiger partial charge in [-0.05, 0) is 17.0 Å². The van der Waals surface area contributed by atoms with Crippen LogP contribution in [0.25, 0.3) is 0 Å². The van der Waals surface area contributed by atoms with Gasteiger partial charge in [0.1, 0.15) is 0 Å². The minimum atomic E-state index is 0.194. The van der Waals surface area contributed by atoms with E-state index >= 15 is 0 Å². The number of rotatable bonds is 5. The summed E-state index contributed by atoms with van der Waals surface area (Å²) in [5, 5.41) is 3.52. The third kappa shape index (κ3) is 4.16. The summed E-state index contributed by atoms with van der Waals surface area (Å²) in [6, 6.07) is 9.62. The largest absolute Gasteiger partial charge is 0.314 e. The Morgan fingerprint density at radius 2 is 1.53 bits per heavy atom. The molecule has 0 aliphatic heterocycles. The van der Waals surface area contributed by atoms with Gasteiger partial charge >= 0.3 is 0 Å². The minimum Gasteiger partial charge on any atom is -0.314 e. The van der Waals surface area contributed by atoms with E-state index in [0.29, 0.717) is 12.0 Å². The van der Waals surface area contributed by atoms with Gasteiger partial charge in [-0.1, -0.05) is 65.8 Å². The van der Waals surface area contributed by atoms with Gasteiger partial charge in [0.15, 0.2) is 0 Å². The Morgan fingerprint density at radius 3 is 1.94 bits per heavy atom. The highest BCUT2D eigenvalue weighted by molar-refractivity contribution is 5.29. The average molecular weight is 233 g/mol. The van der Waals surface area contributed by atoms with Gasteiger partial charge in [0.2, 0.25) is 0 Å². The van der Waals surface area contributed by atoms with Crippen molar-refractivity contribution in [3.05, 3.63) is 35.4 Å². The quantitative estimate of drug-likeness (QED) is 0.808. The van der Waals surface area contributed by atoms with E-state index in [9.17, 15) is 0 Å². The molecule has 0 aromatic heterocycles. The van der Waals surface area contributed by atoms with Crippen LogP contribution in [0.15, 0.2) is 24.3 Å². The maximum Gasteiger partial charge on any atom is 0.00455 e. The predicted molar refractivity (Wildman–Crippen MR) is 76.7 cm³/mol. The highest BCUT2D eigenvalue weighted by Gasteiger charge is 2.20. The normalized spacial score (nSPS) is 12.5. The fraction of sp³-hybridized carbons (Fsp3) is 0.625. The molecule has 0 saturated heterocycles. The molecule has 0 unspecified atom stereocenters. The first-order chi connectivity index (χ1) is 7.83. The van der Waals surface area contributed by atoms with Crippen molar-refractivity contribution in [3.8, 4) is 0 Å². The molecule has 0 radical (unpaired) electrons. The molecule has 17 heavy (non-hydrogen) atoms. The Bertz CT molecular complexity index is 333. The van der Waals surface area contributed by atoms with E-state index in [-0.39, 0.29) is 5.41 Å². The highest BCUT2D eigenvalue weighted by Crippen LogP contribution is 2.24.